The van der Waals surface area contributed by atoms with Gasteiger partial charge in [-0.05, 0) is 57.2 Å². The molecule has 8 nitrogen and oxygen atoms in total. The maximum Gasteiger partial charge on any atom is 0.361 e. The fourth-order valence-corrected chi connectivity index (χ4v) is 2.64. The third kappa shape index (κ3) is 4.66. The average Bonchev–Trinajstić information content (AvgIpc) is 3.07. The van der Waals surface area contributed by atoms with E-state index in [0.29, 0.717) is 23.8 Å². The number of hydrogen-bond donors (Lipinski definition) is 0. The van der Waals surface area contributed by atoms with Crippen LogP contribution in [-0.2, 0) is 14.3 Å². The highest BCUT2D eigenvalue weighted by atomic mass is 16.6. The highest BCUT2D eigenvalue weighted by Gasteiger charge is 2.22. The molecule has 0 aliphatic rings. The zero-order valence-corrected chi connectivity index (χ0v) is 16.5. The van der Waals surface area contributed by atoms with Crippen LogP contribution in [-0.4, -0.2) is 40.6 Å². The Morgan fingerprint density at radius 2 is 1.69 bits per heavy atom. The summed E-state index contributed by atoms with van der Waals surface area (Å²) in [7, 11) is 0. The van der Waals surface area contributed by atoms with Gasteiger partial charge in [0, 0.05) is 6.20 Å². The second kappa shape index (κ2) is 9.09. The monoisotopic (exact) mass is 398 g/mol. The van der Waals surface area contributed by atoms with Crippen molar-refractivity contribution in [1.82, 2.24) is 9.38 Å². The summed E-state index contributed by atoms with van der Waals surface area (Å²) < 4.78 is 23.1. The number of rotatable bonds is 8. The van der Waals surface area contributed by atoms with E-state index in [2.05, 4.69) is 4.98 Å². The lowest BCUT2D eigenvalue weighted by atomic mass is 10.3. The topological polar surface area (TPSA) is 88.4 Å². The van der Waals surface area contributed by atoms with Gasteiger partial charge in [0.05, 0.1) is 13.2 Å². The van der Waals surface area contributed by atoms with Crippen LogP contribution in [0.3, 0.4) is 0 Å². The standard InChI is InChI=1S/C21H22N2O6/c1-4-26-20(24)14(3)28-15-9-11-16(12-10-15)29-19-18(21(25)27-5-2)23-13-7-6-8-17(23)22-19/h6-14H,4-5H2,1-3H3. The van der Waals surface area contributed by atoms with Crippen LogP contribution in [0.1, 0.15) is 31.3 Å². The molecule has 0 amide bonds. The van der Waals surface area contributed by atoms with Crippen molar-refractivity contribution in [2.45, 2.75) is 26.9 Å². The number of aromatic nitrogens is 2. The summed E-state index contributed by atoms with van der Waals surface area (Å²) in [5, 5.41) is 0. The molecular weight excluding hydrogens is 376 g/mol. The molecule has 3 aromatic rings. The van der Waals surface area contributed by atoms with Gasteiger partial charge in [-0.3, -0.25) is 4.40 Å². The Kier molecular flexibility index (Phi) is 6.33. The van der Waals surface area contributed by atoms with E-state index < -0.39 is 18.0 Å². The van der Waals surface area contributed by atoms with Crippen molar-refractivity contribution in [3.8, 4) is 17.4 Å². The minimum atomic E-state index is -0.726. The number of pyridine rings is 1. The molecule has 0 bridgehead atoms. The fraction of sp³-hybridized carbons (Fsp3) is 0.286. The van der Waals surface area contributed by atoms with Crippen molar-refractivity contribution >= 4 is 17.6 Å². The first-order valence-corrected chi connectivity index (χ1v) is 9.28. The van der Waals surface area contributed by atoms with Crippen molar-refractivity contribution in [3.63, 3.8) is 0 Å². The summed E-state index contributed by atoms with van der Waals surface area (Å²) in [5.41, 5.74) is 0.771. The van der Waals surface area contributed by atoms with Crippen molar-refractivity contribution in [3.05, 3.63) is 54.4 Å². The van der Waals surface area contributed by atoms with Gasteiger partial charge >= 0.3 is 11.9 Å². The SMILES string of the molecule is CCOC(=O)c1c(Oc2ccc(OC(C)C(=O)OCC)cc2)nc2ccccn12. The third-order valence-corrected chi connectivity index (χ3v) is 3.94. The minimum absolute atomic E-state index is 0.142. The molecular formula is C21H22N2O6. The van der Waals surface area contributed by atoms with Crippen LogP contribution in [0, 0.1) is 0 Å². The third-order valence-electron chi connectivity index (χ3n) is 3.94. The van der Waals surface area contributed by atoms with Crippen LogP contribution < -0.4 is 9.47 Å². The maximum absolute atomic E-state index is 12.4. The fourth-order valence-electron chi connectivity index (χ4n) is 2.64. The molecule has 152 valence electrons. The van der Waals surface area contributed by atoms with Crippen LogP contribution in [0.4, 0.5) is 0 Å². The molecule has 2 heterocycles. The number of fused-ring (bicyclic) bond motifs is 1. The van der Waals surface area contributed by atoms with E-state index in [4.69, 9.17) is 18.9 Å². The molecule has 0 spiro atoms. The van der Waals surface area contributed by atoms with Crippen molar-refractivity contribution < 1.29 is 28.5 Å². The number of benzene rings is 1. The molecule has 0 N–H and O–H groups in total. The first kappa shape index (κ1) is 20.2. The summed E-state index contributed by atoms with van der Waals surface area (Å²) in [5.74, 6) is 0.123. The zero-order valence-electron chi connectivity index (χ0n) is 16.5. The zero-order chi connectivity index (χ0) is 20.8. The number of carbonyl (C=O) groups excluding carboxylic acids is 2. The highest BCUT2D eigenvalue weighted by Crippen LogP contribution is 2.28. The van der Waals surface area contributed by atoms with Gasteiger partial charge in [0.25, 0.3) is 5.88 Å². The van der Waals surface area contributed by atoms with Crippen LogP contribution in [0.15, 0.2) is 48.7 Å². The van der Waals surface area contributed by atoms with Crippen LogP contribution in [0.25, 0.3) is 5.65 Å². The lowest BCUT2D eigenvalue weighted by molar-refractivity contribution is -0.150. The molecule has 8 heteroatoms. The van der Waals surface area contributed by atoms with Gasteiger partial charge in [-0.25, -0.2) is 9.59 Å². The molecule has 0 aliphatic carbocycles. The molecule has 0 fully saturated rings. The van der Waals surface area contributed by atoms with Gasteiger partial charge in [-0.2, -0.15) is 4.98 Å². The smallest absolute Gasteiger partial charge is 0.361 e. The van der Waals surface area contributed by atoms with Crippen molar-refractivity contribution in [2.24, 2.45) is 0 Å². The number of esters is 2. The first-order chi connectivity index (χ1) is 14.0. The van der Waals surface area contributed by atoms with E-state index in [9.17, 15) is 9.59 Å². The Balaban J connectivity index is 1.80. The van der Waals surface area contributed by atoms with E-state index >= 15 is 0 Å². The first-order valence-electron chi connectivity index (χ1n) is 9.28. The number of ether oxygens (including phenoxy) is 4. The molecule has 29 heavy (non-hydrogen) atoms. The van der Waals surface area contributed by atoms with Crippen molar-refractivity contribution in [1.29, 1.82) is 0 Å². The molecule has 2 aromatic heterocycles. The van der Waals surface area contributed by atoms with Gasteiger partial charge < -0.3 is 18.9 Å². The van der Waals surface area contributed by atoms with Crippen LogP contribution in [0.2, 0.25) is 0 Å². The van der Waals surface area contributed by atoms with E-state index in [-0.39, 0.29) is 18.2 Å². The molecule has 1 aromatic carbocycles. The Labute approximate surface area is 168 Å². The van der Waals surface area contributed by atoms with E-state index in [1.807, 2.05) is 6.07 Å². The van der Waals surface area contributed by atoms with Crippen LogP contribution >= 0.6 is 0 Å². The molecule has 0 saturated heterocycles. The number of hydrogen-bond acceptors (Lipinski definition) is 7. The lowest BCUT2D eigenvalue weighted by Gasteiger charge is -2.13. The quantitative estimate of drug-likeness (QED) is 0.535. The number of carbonyl (C=O) groups is 2. The Morgan fingerprint density at radius 3 is 2.38 bits per heavy atom. The maximum atomic E-state index is 12.4. The molecule has 1 atom stereocenters. The molecule has 0 radical (unpaired) electrons. The normalized spacial score (nSPS) is 11.7. The molecule has 0 aliphatic heterocycles. The van der Waals surface area contributed by atoms with Gasteiger partial charge in [-0.15, -0.1) is 0 Å². The predicted molar refractivity (Wildman–Crippen MR) is 104 cm³/mol. The summed E-state index contributed by atoms with van der Waals surface area (Å²) in [6.45, 7) is 5.62. The minimum Gasteiger partial charge on any atom is -0.479 e. The summed E-state index contributed by atoms with van der Waals surface area (Å²) in [6.07, 6.45) is 0.991. The van der Waals surface area contributed by atoms with Gasteiger partial charge in [-0.1, -0.05) is 6.07 Å². The lowest BCUT2D eigenvalue weighted by Crippen LogP contribution is -2.25. The number of nitrogens with zero attached hydrogens (tertiary/aromatic N) is 2. The Hall–Kier alpha value is -3.55. The average molecular weight is 398 g/mol. The molecule has 0 saturated carbocycles. The molecule has 1 unspecified atom stereocenters. The second-order valence-electron chi connectivity index (χ2n) is 6.00. The van der Waals surface area contributed by atoms with E-state index in [0.717, 1.165) is 0 Å². The van der Waals surface area contributed by atoms with Gasteiger partial charge in [0.1, 0.15) is 17.1 Å². The summed E-state index contributed by atoms with van der Waals surface area (Å²) >= 11 is 0. The Morgan fingerprint density at radius 1 is 1.00 bits per heavy atom. The summed E-state index contributed by atoms with van der Waals surface area (Å²) in [6, 6.07) is 12.0. The van der Waals surface area contributed by atoms with Crippen LogP contribution in [0.5, 0.6) is 17.4 Å². The van der Waals surface area contributed by atoms with Gasteiger partial charge in [0.2, 0.25) is 0 Å². The van der Waals surface area contributed by atoms with E-state index in [1.165, 1.54) is 0 Å². The Bertz CT molecular complexity index is 996. The summed E-state index contributed by atoms with van der Waals surface area (Å²) in [4.78, 5) is 28.4. The number of imidazole rings is 1. The largest absolute Gasteiger partial charge is 0.479 e. The second-order valence-corrected chi connectivity index (χ2v) is 6.00. The highest BCUT2D eigenvalue weighted by molar-refractivity contribution is 5.91. The van der Waals surface area contributed by atoms with Crippen molar-refractivity contribution in [2.75, 3.05) is 13.2 Å². The molecule has 3 rings (SSSR count). The predicted octanol–water partition coefficient (Wildman–Crippen LogP) is 3.63. The van der Waals surface area contributed by atoms with E-state index in [1.54, 1.807) is 67.8 Å². The van der Waals surface area contributed by atoms with Gasteiger partial charge in [0.15, 0.2) is 11.8 Å².